The lowest BCUT2D eigenvalue weighted by atomic mass is 10.4. The zero-order valence-electron chi connectivity index (χ0n) is 10.1. The van der Waals surface area contributed by atoms with E-state index in [0.717, 1.165) is 0 Å². The van der Waals surface area contributed by atoms with Gasteiger partial charge in [0.1, 0.15) is 11.2 Å². The van der Waals surface area contributed by atoms with Crippen LogP contribution in [0.5, 0.6) is 0 Å². The fourth-order valence-electron chi connectivity index (χ4n) is 1.43. The quantitative estimate of drug-likeness (QED) is 0.862. The molecule has 0 bridgehead atoms. The molecule has 0 aliphatic carbocycles. The average molecular weight is 302 g/mol. The first kappa shape index (κ1) is 13.9. The highest BCUT2D eigenvalue weighted by atomic mass is 35.5. The zero-order valence-corrected chi connectivity index (χ0v) is 11.7. The van der Waals surface area contributed by atoms with E-state index in [4.69, 9.17) is 11.6 Å². The zero-order chi connectivity index (χ0) is 13.9. The third-order valence-electron chi connectivity index (χ3n) is 2.31. The van der Waals surface area contributed by atoms with Crippen LogP contribution in [0.15, 0.2) is 29.7 Å². The maximum Gasteiger partial charge on any atom is 0.243 e. The third-order valence-corrected chi connectivity index (χ3v) is 4.24. The van der Waals surface area contributed by atoms with Crippen molar-refractivity contribution in [3.05, 3.63) is 35.6 Å². The van der Waals surface area contributed by atoms with Crippen molar-refractivity contribution in [2.45, 2.75) is 11.3 Å². The van der Waals surface area contributed by atoms with Crippen molar-refractivity contribution in [1.29, 1.82) is 0 Å². The standard InChI is InChI=1S/C10H12ClN5O2S/c1-16-7-13-10(15-16)3-5-14-19(17,18)9-6-12-4-2-8(9)11/h2,4,6-7,14H,3,5H2,1H3. The summed E-state index contributed by atoms with van der Waals surface area (Å²) in [6.07, 6.45) is 4.60. The van der Waals surface area contributed by atoms with Crippen LogP contribution in [0.1, 0.15) is 5.82 Å². The molecule has 0 fully saturated rings. The fourth-order valence-corrected chi connectivity index (χ4v) is 2.89. The van der Waals surface area contributed by atoms with Crippen LogP contribution in [0.3, 0.4) is 0 Å². The summed E-state index contributed by atoms with van der Waals surface area (Å²) in [6, 6.07) is 1.43. The van der Waals surface area contributed by atoms with Gasteiger partial charge in [-0.25, -0.2) is 18.1 Å². The number of aryl methyl sites for hydroxylation is 1. The number of hydrogen-bond donors (Lipinski definition) is 1. The molecular weight excluding hydrogens is 290 g/mol. The molecule has 102 valence electrons. The Balaban J connectivity index is 2.01. The molecule has 0 radical (unpaired) electrons. The summed E-state index contributed by atoms with van der Waals surface area (Å²) >= 11 is 5.82. The fraction of sp³-hybridized carbons (Fsp3) is 0.300. The van der Waals surface area contributed by atoms with Gasteiger partial charge in [-0.15, -0.1) is 0 Å². The highest BCUT2D eigenvalue weighted by molar-refractivity contribution is 7.89. The van der Waals surface area contributed by atoms with E-state index in [0.29, 0.717) is 12.2 Å². The molecule has 1 N–H and O–H groups in total. The molecule has 0 aliphatic heterocycles. The van der Waals surface area contributed by atoms with Gasteiger partial charge in [0.05, 0.1) is 5.02 Å². The van der Waals surface area contributed by atoms with Crippen LogP contribution in [-0.2, 0) is 23.5 Å². The van der Waals surface area contributed by atoms with Crippen molar-refractivity contribution in [1.82, 2.24) is 24.5 Å². The monoisotopic (exact) mass is 301 g/mol. The Hall–Kier alpha value is -1.51. The van der Waals surface area contributed by atoms with Crippen molar-refractivity contribution in [3.63, 3.8) is 0 Å². The van der Waals surface area contributed by atoms with Crippen molar-refractivity contribution < 1.29 is 8.42 Å². The normalized spacial score (nSPS) is 11.7. The van der Waals surface area contributed by atoms with E-state index in [-0.39, 0.29) is 16.5 Å². The molecule has 2 aromatic rings. The number of rotatable bonds is 5. The Morgan fingerprint density at radius 2 is 2.26 bits per heavy atom. The number of nitrogens with zero attached hydrogens (tertiary/aromatic N) is 4. The molecular formula is C10H12ClN5O2S. The summed E-state index contributed by atoms with van der Waals surface area (Å²) in [5.74, 6) is 0.572. The smallest absolute Gasteiger partial charge is 0.243 e. The summed E-state index contributed by atoms with van der Waals surface area (Å²) in [7, 11) is -1.91. The maximum atomic E-state index is 12.0. The predicted octanol–water partition coefficient (Wildman–Crippen LogP) is 0.384. The van der Waals surface area contributed by atoms with E-state index in [2.05, 4.69) is 19.8 Å². The number of hydrogen-bond acceptors (Lipinski definition) is 5. The molecule has 0 aliphatic rings. The SMILES string of the molecule is Cn1cnc(CCNS(=O)(=O)c2cnccc2Cl)n1. The van der Waals surface area contributed by atoms with Crippen LogP contribution < -0.4 is 4.72 Å². The lowest BCUT2D eigenvalue weighted by Gasteiger charge is -2.06. The summed E-state index contributed by atoms with van der Waals surface area (Å²) < 4.78 is 27.9. The highest BCUT2D eigenvalue weighted by Crippen LogP contribution is 2.18. The Morgan fingerprint density at radius 3 is 2.89 bits per heavy atom. The topological polar surface area (TPSA) is 89.8 Å². The predicted molar refractivity (Wildman–Crippen MR) is 69.1 cm³/mol. The second-order valence-corrected chi connectivity index (χ2v) is 5.93. The van der Waals surface area contributed by atoms with Gasteiger partial charge >= 0.3 is 0 Å². The Bertz CT molecular complexity index is 670. The summed E-state index contributed by atoms with van der Waals surface area (Å²) in [4.78, 5) is 7.72. The molecule has 2 rings (SSSR count). The number of nitrogens with one attached hydrogen (secondary N) is 1. The van der Waals surface area contributed by atoms with Crippen molar-refractivity contribution in [2.24, 2.45) is 7.05 Å². The van der Waals surface area contributed by atoms with Gasteiger partial charge in [-0.1, -0.05) is 11.6 Å². The highest BCUT2D eigenvalue weighted by Gasteiger charge is 2.17. The second kappa shape index (κ2) is 5.64. The van der Waals surface area contributed by atoms with Crippen molar-refractivity contribution >= 4 is 21.6 Å². The average Bonchev–Trinajstić information content (AvgIpc) is 2.75. The van der Waals surface area contributed by atoms with Crippen molar-refractivity contribution in [3.8, 4) is 0 Å². The number of aromatic nitrogens is 4. The summed E-state index contributed by atoms with van der Waals surface area (Å²) in [5.41, 5.74) is 0. The van der Waals surface area contributed by atoms with E-state index in [1.54, 1.807) is 18.1 Å². The van der Waals surface area contributed by atoms with Crippen LogP contribution in [-0.4, -0.2) is 34.7 Å². The minimum Gasteiger partial charge on any atom is -0.263 e. The van der Waals surface area contributed by atoms with E-state index < -0.39 is 10.0 Å². The first-order valence-corrected chi connectivity index (χ1v) is 7.29. The molecule has 19 heavy (non-hydrogen) atoms. The lowest BCUT2D eigenvalue weighted by molar-refractivity contribution is 0.580. The molecule has 0 spiro atoms. The van der Waals surface area contributed by atoms with Crippen LogP contribution in [0, 0.1) is 0 Å². The largest absolute Gasteiger partial charge is 0.263 e. The van der Waals surface area contributed by atoms with Gasteiger partial charge < -0.3 is 0 Å². The number of pyridine rings is 1. The van der Waals surface area contributed by atoms with E-state index in [1.165, 1.54) is 18.5 Å². The molecule has 0 aromatic carbocycles. The van der Waals surface area contributed by atoms with Crippen LogP contribution in [0.25, 0.3) is 0 Å². The van der Waals surface area contributed by atoms with E-state index in [1.807, 2.05) is 0 Å². The van der Waals surface area contributed by atoms with E-state index >= 15 is 0 Å². The second-order valence-electron chi connectivity index (χ2n) is 3.79. The maximum absolute atomic E-state index is 12.0. The van der Waals surface area contributed by atoms with Crippen LogP contribution in [0.2, 0.25) is 5.02 Å². The van der Waals surface area contributed by atoms with Gasteiger partial charge in [0.15, 0.2) is 5.82 Å². The number of halogens is 1. The van der Waals surface area contributed by atoms with Crippen LogP contribution in [0.4, 0.5) is 0 Å². The van der Waals surface area contributed by atoms with Gasteiger partial charge in [-0.2, -0.15) is 5.10 Å². The summed E-state index contributed by atoms with van der Waals surface area (Å²) in [5, 5.41) is 4.19. The minimum absolute atomic E-state index is 0.0364. The molecule has 7 nitrogen and oxygen atoms in total. The van der Waals surface area contributed by atoms with Gasteiger partial charge in [0, 0.05) is 32.4 Å². The Kier molecular flexibility index (Phi) is 4.13. The Morgan fingerprint density at radius 1 is 1.47 bits per heavy atom. The molecule has 0 saturated carbocycles. The number of sulfonamides is 1. The Labute approximate surface area is 115 Å². The van der Waals surface area contributed by atoms with Gasteiger partial charge in [-0.05, 0) is 6.07 Å². The minimum atomic E-state index is -3.66. The van der Waals surface area contributed by atoms with Gasteiger partial charge in [0.2, 0.25) is 10.0 Å². The van der Waals surface area contributed by atoms with Crippen LogP contribution >= 0.6 is 11.6 Å². The summed E-state index contributed by atoms with van der Waals surface area (Å²) in [6.45, 7) is 0.192. The first-order chi connectivity index (χ1) is 8.99. The molecule has 2 heterocycles. The molecule has 0 atom stereocenters. The molecule has 2 aromatic heterocycles. The van der Waals surface area contributed by atoms with Gasteiger partial charge in [0.25, 0.3) is 0 Å². The van der Waals surface area contributed by atoms with Crippen molar-refractivity contribution in [2.75, 3.05) is 6.54 Å². The van der Waals surface area contributed by atoms with E-state index in [9.17, 15) is 8.42 Å². The molecule has 0 saturated heterocycles. The van der Waals surface area contributed by atoms with Gasteiger partial charge in [-0.3, -0.25) is 9.67 Å². The third kappa shape index (κ3) is 3.49. The molecule has 0 amide bonds. The first-order valence-electron chi connectivity index (χ1n) is 5.43. The lowest BCUT2D eigenvalue weighted by Crippen LogP contribution is -2.26. The molecule has 9 heteroatoms. The molecule has 0 unspecified atom stereocenters.